The summed E-state index contributed by atoms with van der Waals surface area (Å²) < 4.78 is 0. The Morgan fingerprint density at radius 2 is 2.45 bits per heavy atom. The maximum Gasteiger partial charge on any atom is 0.224 e. The van der Waals surface area contributed by atoms with Crippen LogP contribution in [0.2, 0.25) is 0 Å². The Kier molecular flexibility index (Phi) is 1.88. The van der Waals surface area contributed by atoms with E-state index in [-0.39, 0.29) is 5.82 Å². The van der Waals surface area contributed by atoms with Crippen LogP contribution >= 0.6 is 0 Å². The van der Waals surface area contributed by atoms with E-state index in [1.165, 1.54) is 6.20 Å². The van der Waals surface area contributed by atoms with Gasteiger partial charge in [0.05, 0.1) is 6.20 Å². The number of nitrogen functional groups attached to an aromatic ring is 1. The quantitative estimate of drug-likeness (QED) is 0.585. The third kappa shape index (κ3) is 1.35. The Balaban J connectivity index is 3.12. The topological polar surface area (TPSA) is 87.6 Å². The number of nitrogens with two attached hydrogens (primary N) is 1. The monoisotopic (exact) mass is 149 g/mol. The van der Waals surface area contributed by atoms with E-state index >= 15 is 0 Å². The highest BCUT2D eigenvalue weighted by molar-refractivity contribution is 5.49. The fraction of sp³-hybridized carbons (Fsp3) is 0.167. The first-order chi connectivity index (χ1) is 5.27. The summed E-state index contributed by atoms with van der Waals surface area (Å²) in [6.07, 6.45) is 1.38. The van der Waals surface area contributed by atoms with Gasteiger partial charge in [0, 0.05) is 7.05 Å². The van der Waals surface area contributed by atoms with E-state index < -0.39 is 0 Å². The van der Waals surface area contributed by atoms with Gasteiger partial charge in [-0.2, -0.15) is 10.2 Å². The molecule has 0 atom stereocenters. The van der Waals surface area contributed by atoms with Crippen LogP contribution in [-0.2, 0) is 0 Å². The van der Waals surface area contributed by atoms with Crippen LogP contribution < -0.4 is 11.1 Å². The number of nitrogens with zero attached hydrogens (tertiary/aromatic N) is 3. The zero-order chi connectivity index (χ0) is 8.27. The first-order valence-corrected chi connectivity index (χ1v) is 2.98. The molecule has 1 heterocycles. The molecular weight excluding hydrogens is 142 g/mol. The molecule has 11 heavy (non-hydrogen) atoms. The average Bonchev–Trinajstić information content (AvgIpc) is 2.04. The van der Waals surface area contributed by atoms with Crippen LogP contribution in [-0.4, -0.2) is 17.0 Å². The zero-order valence-electron chi connectivity index (χ0n) is 6.00. The van der Waals surface area contributed by atoms with E-state index in [0.717, 1.165) is 0 Å². The molecular formula is C6H7N5. The highest BCUT2D eigenvalue weighted by atomic mass is 15.1. The fourth-order valence-electron chi connectivity index (χ4n) is 0.602. The molecule has 1 rings (SSSR count). The van der Waals surface area contributed by atoms with Gasteiger partial charge >= 0.3 is 0 Å². The first-order valence-electron chi connectivity index (χ1n) is 2.98. The van der Waals surface area contributed by atoms with Crippen LogP contribution in [0.15, 0.2) is 6.20 Å². The minimum atomic E-state index is 0.201. The molecule has 5 heteroatoms. The molecule has 0 saturated carbocycles. The number of nitriles is 1. The second-order valence-electron chi connectivity index (χ2n) is 1.85. The van der Waals surface area contributed by atoms with E-state index in [1.807, 2.05) is 6.07 Å². The standard InChI is InChI=1S/C6H7N5/c1-9-6-10-3-4(2-7)5(8)11-6/h3H,1H3,(H3,8,9,10,11). The van der Waals surface area contributed by atoms with Crippen molar-refractivity contribution in [3.8, 4) is 6.07 Å². The lowest BCUT2D eigenvalue weighted by Gasteiger charge is -1.98. The molecule has 0 bridgehead atoms. The van der Waals surface area contributed by atoms with E-state index in [9.17, 15) is 0 Å². The second kappa shape index (κ2) is 2.84. The van der Waals surface area contributed by atoms with Crippen molar-refractivity contribution in [1.82, 2.24) is 9.97 Å². The highest BCUT2D eigenvalue weighted by Gasteiger charge is 2.00. The van der Waals surface area contributed by atoms with Crippen LogP contribution in [0.3, 0.4) is 0 Å². The van der Waals surface area contributed by atoms with Gasteiger partial charge in [-0.3, -0.25) is 0 Å². The summed E-state index contributed by atoms with van der Waals surface area (Å²) in [5, 5.41) is 11.2. The zero-order valence-corrected chi connectivity index (χ0v) is 6.00. The summed E-state index contributed by atoms with van der Waals surface area (Å²) in [4.78, 5) is 7.60. The van der Waals surface area contributed by atoms with Crippen molar-refractivity contribution in [1.29, 1.82) is 5.26 Å². The Bertz CT molecular complexity index is 300. The van der Waals surface area contributed by atoms with E-state index in [4.69, 9.17) is 11.0 Å². The van der Waals surface area contributed by atoms with Gasteiger partial charge in [0.2, 0.25) is 5.95 Å². The Morgan fingerprint density at radius 1 is 1.73 bits per heavy atom. The molecule has 0 aliphatic heterocycles. The number of rotatable bonds is 1. The van der Waals surface area contributed by atoms with Crippen molar-refractivity contribution in [3.05, 3.63) is 11.8 Å². The molecule has 0 saturated heterocycles. The van der Waals surface area contributed by atoms with E-state index in [0.29, 0.717) is 11.5 Å². The molecule has 56 valence electrons. The summed E-state index contributed by atoms with van der Waals surface area (Å²) in [6.45, 7) is 0. The van der Waals surface area contributed by atoms with Gasteiger partial charge in [-0.15, -0.1) is 0 Å². The highest BCUT2D eigenvalue weighted by Crippen LogP contribution is 2.06. The van der Waals surface area contributed by atoms with Gasteiger partial charge < -0.3 is 11.1 Å². The molecule has 0 aromatic carbocycles. The Morgan fingerprint density at radius 3 is 2.91 bits per heavy atom. The van der Waals surface area contributed by atoms with Crippen LogP contribution in [0, 0.1) is 11.3 Å². The van der Waals surface area contributed by atoms with Gasteiger partial charge in [0.25, 0.3) is 0 Å². The maximum absolute atomic E-state index is 8.45. The Labute approximate surface area is 63.9 Å². The molecule has 0 aliphatic carbocycles. The number of aromatic nitrogens is 2. The third-order valence-corrected chi connectivity index (χ3v) is 1.16. The molecule has 0 fully saturated rings. The summed E-state index contributed by atoms with van der Waals surface area (Å²) in [7, 11) is 1.68. The molecule has 0 spiro atoms. The normalized spacial score (nSPS) is 8.73. The molecule has 5 nitrogen and oxygen atoms in total. The van der Waals surface area contributed by atoms with Gasteiger partial charge in [0.15, 0.2) is 0 Å². The van der Waals surface area contributed by atoms with Crippen LogP contribution in [0.5, 0.6) is 0 Å². The van der Waals surface area contributed by atoms with Crippen molar-refractivity contribution in [2.75, 3.05) is 18.1 Å². The molecule has 0 radical (unpaired) electrons. The smallest absolute Gasteiger partial charge is 0.224 e. The van der Waals surface area contributed by atoms with Gasteiger partial charge in [-0.1, -0.05) is 0 Å². The number of hydrogen-bond acceptors (Lipinski definition) is 5. The predicted molar refractivity (Wildman–Crippen MR) is 40.7 cm³/mol. The number of anilines is 2. The molecule has 3 N–H and O–H groups in total. The van der Waals surface area contributed by atoms with Crippen LogP contribution in [0.25, 0.3) is 0 Å². The van der Waals surface area contributed by atoms with Gasteiger partial charge in [-0.25, -0.2) is 4.98 Å². The van der Waals surface area contributed by atoms with E-state index in [1.54, 1.807) is 7.05 Å². The van der Waals surface area contributed by atoms with Crippen molar-refractivity contribution < 1.29 is 0 Å². The molecule has 1 aromatic rings. The second-order valence-corrected chi connectivity index (χ2v) is 1.85. The fourth-order valence-corrected chi connectivity index (χ4v) is 0.602. The van der Waals surface area contributed by atoms with Crippen molar-refractivity contribution in [3.63, 3.8) is 0 Å². The van der Waals surface area contributed by atoms with Crippen molar-refractivity contribution in [2.24, 2.45) is 0 Å². The largest absolute Gasteiger partial charge is 0.382 e. The van der Waals surface area contributed by atoms with Gasteiger partial charge in [-0.05, 0) is 0 Å². The van der Waals surface area contributed by atoms with Crippen LogP contribution in [0.4, 0.5) is 11.8 Å². The molecule has 0 unspecified atom stereocenters. The predicted octanol–water partition coefficient (Wildman–Crippen LogP) is -0.0278. The van der Waals surface area contributed by atoms with Crippen LogP contribution in [0.1, 0.15) is 5.56 Å². The number of hydrogen-bond donors (Lipinski definition) is 2. The van der Waals surface area contributed by atoms with Crippen molar-refractivity contribution >= 4 is 11.8 Å². The lowest BCUT2D eigenvalue weighted by Crippen LogP contribution is -2.01. The summed E-state index contributed by atoms with van der Waals surface area (Å²) in [5.41, 5.74) is 5.69. The first kappa shape index (κ1) is 7.28. The minimum Gasteiger partial charge on any atom is -0.382 e. The van der Waals surface area contributed by atoms with Gasteiger partial charge in [0.1, 0.15) is 17.5 Å². The minimum absolute atomic E-state index is 0.201. The number of nitrogens with one attached hydrogen (secondary N) is 1. The average molecular weight is 149 g/mol. The van der Waals surface area contributed by atoms with E-state index in [2.05, 4.69) is 15.3 Å². The maximum atomic E-state index is 8.45. The summed E-state index contributed by atoms with van der Waals surface area (Å²) in [5.74, 6) is 0.619. The molecule has 1 aromatic heterocycles. The molecule has 0 aliphatic rings. The lowest BCUT2D eigenvalue weighted by atomic mass is 10.3. The SMILES string of the molecule is CNc1ncc(C#N)c(N)n1. The third-order valence-electron chi connectivity index (χ3n) is 1.16. The summed E-state index contributed by atoms with van der Waals surface area (Å²) >= 11 is 0. The van der Waals surface area contributed by atoms with Crippen molar-refractivity contribution in [2.45, 2.75) is 0 Å². The summed E-state index contributed by atoms with van der Waals surface area (Å²) in [6, 6.07) is 1.87. The molecule has 0 amide bonds. The Hall–Kier alpha value is -1.83. The lowest BCUT2D eigenvalue weighted by molar-refractivity contribution is 1.15.